The van der Waals surface area contributed by atoms with Crippen molar-refractivity contribution in [2.45, 2.75) is 0 Å². The highest BCUT2D eigenvalue weighted by Gasteiger charge is 2.22. The van der Waals surface area contributed by atoms with Gasteiger partial charge in [0.1, 0.15) is 4.83 Å². The van der Waals surface area contributed by atoms with Gasteiger partial charge in [0.15, 0.2) is 0 Å². The smallest absolute Gasteiger partial charge is 0.236 e. The zero-order valence-electron chi connectivity index (χ0n) is 30.7. The van der Waals surface area contributed by atoms with Crippen LogP contribution < -0.4 is 0 Å². The van der Waals surface area contributed by atoms with Crippen LogP contribution in [0.1, 0.15) is 0 Å². The van der Waals surface area contributed by atoms with Crippen molar-refractivity contribution in [3.63, 3.8) is 0 Å². The van der Waals surface area contributed by atoms with E-state index in [-0.39, 0.29) is 0 Å². The first-order valence-electron chi connectivity index (χ1n) is 19.3. The summed E-state index contributed by atoms with van der Waals surface area (Å²) in [6.07, 6.45) is 0. The van der Waals surface area contributed by atoms with E-state index in [1.54, 1.807) is 11.3 Å². The Bertz CT molecular complexity index is 3510. The molecule has 0 fully saturated rings. The molecular formula is C52H32N4S. The largest absolute Gasteiger partial charge is 0.309 e. The first kappa shape index (κ1) is 32.0. The van der Waals surface area contributed by atoms with Gasteiger partial charge in [-0.3, -0.25) is 4.57 Å². The number of hydrogen-bond acceptors (Lipinski definition) is 3. The van der Waals surface area contributed by atoms with Gasteiger partial charge in [-0.1, -0.05) is 152 Å². The highest BCUT2D eigenvalue weighted by atomic mass is 32.1. The summed E-state index contributed by atoms with van der Waals surface area (Å²) in [6.45, 7) is 0. The standard InChI is InChI=1S/C52H32N4S/c1-4-16-34(17-5-1)47-32-43-49(35-18-6-2-7-19-35)53-52(54-51(43)57-47)56-45-29-28-36(31-42(45)48-38-22-11-10-15-33(38)27-30-46(48)56)39-24-14-25-41-40-23-12-13-26-44(40)55(50(39)41)37-20-8-3-9-21-37/h1-32H. The maximum Gasteiger partial charge on any atom is 0.236 e. The van der Waals surface area contributed by atoms with Crippen molar-refractivity contribution in [1.82, 2.24) is 19.1 Å². The minimum Gasteiger partial charge on any atom is -0.309 e. The molecule has 0 amide bonds. The summed E-state index contributed by atoms with van der Waals surface area (Å²) in [6, 6.07) is 69.6. The number of hydrogen-bond donors (Lipinski definition) is 0. The van der Waals surface area contributed by atoms with Gasteiger partial charge in [0.25, 0.3) is 0 Å². The Kier molecular flexibility index (Phi) is 7.06. The van der Waals surface area contributed by atoms with Crippen LogP contribution in [0.5, 0.6) is 0 Å². The van der Waals surface area contributed by atoms with E-state index in [2.05, 4.69) is 203 Å². The van der Waals surface area contributed by atoms with Crippen LogP contribution >= 0.6 is 11.3 Å². The molecule has 57 heavy (non-hydrogen) atoms. The fourth-order valence-corrected chi connectivity index (χ4v) is 9.87. The summed E-state index contributed by atoms with van der Waals surface area (Å²) in [5.74, 6) is 0.664. The Morgan fingerprint density at radius 2 is 1.07 bits per heavy atom. The molecule has 12 aromatic rings. The van der Waals surface area contributed by atoms with Crippen LogP contribution in [0.3, 0.4) is 0 Å². The lowest BCUT2D eigenvalue weighted by Crippen LogP contribution is -2.02. The Morgan fingerprint density at radius 3 is 1.89 bits per heavy atom. The Hall–Kier alpha value is -7.34. The van der Waals surface area contributed by atoms with Crippen molar-refractivity contribution < 1.29 is 0 Å². The molecular weight excluding hydrogens is 713 g/mol. The highest BCUT2D eigenvalue weighted by molar-refractivity contribution is 7.21. The SMILES string of the molecule is c1ccc(-c2cc3c(-c4ccccc4)nc(-n4c5ccc(-c6cccc7c8ccccc8n(-c8ccccc8)c67)cc5c5c6ccccc6ccc54)nc3s2)cc1. The number of para-hydroxylation sites is 3. The lowest BCUT2D eigenvalue weighted by molar-refractivity contribution is 1.02. The zero-order valence-corrected chi connectivity index (χ0v) is 31.5. The third kappa shape index (κ3) is 4.93. The van der Waals surface area contributed by atoms with Gasteiger partial charge >= 0.3 is 0 Å². The summed E-state index contributed by atoms with van der Waals surface area (Å²) < 4.78 is 4.69. The van der Waals surface area contributed by atoms with Crippen LogP contribution in [0.15, 0.2) is 194 Å². The fourth-order valence-electron chi connectivity index (χ4n) is 8.84. The molecule has 4 heterocycles. The molecule has 0 spiro atoms. The predicted octanol–water partition coefficient (Wildman–Crippen LogP) is 14.0. The van der Waals surface area contributed by atoms with E-state index in [0.29, 0.717) is 5.95 Å². The molecule has 0 aliphatic carbocycles. The minimum absolute atomic E-state index is 0.664. The Balaban J connectivity index is 1.16. The molecule has 0 unspecified atom stereocenters. The van der Waals surface area contributed by atoms with Crippen molar-refractivity contribution in [2.24, 2.45) is 0 Å². The van der Waals surface area contributed by atoms with Crippen molar-refractivity contribution in [3.05, 3.63) is 194 Å². The average molecular weight is 745 g/mol. The quantitative estimate of drug-likeness (QED) is 0.176. The van der Waals surface area contributed by atoms with Crippen LogP contribution in [0.4, 0.5) is 0 Å². The molecule has 0 saturated heterocycles. The first-order valence-corrected chi connectivity index (χ1v) is 20.1. The van der Waals surface area contributed by atoms with Crippen LogP contribution in [0.2, 0.25) is 0 Å². The lowest BCUT2D eigenvalue weighted by Gasteiger charge is -2.12. The van der Waals surface area contributed by atoms with Crippen molar-refractivity contribution >= 4 is 75.9 Å². The van der Waals surface area contributed by atoms with Crippen LogP contribution in [0.25, 0.3) is 109 Å². The van der Waals surface area contributed by atoms with Crippen LogP contribution in [-0.2, 0) is 0 Å². The van der Waals surface area contributed by atoms with E-state index in [0.717, 1.165) is 43.8 Å². The van der Waals surface area contributed by atoms with Crippen LogP contribution in [-0.4, -0.2) is 19.1 Å². The van der Waals surface area contributed by atoms with Crippen molar-refractivity contribution in [1.29, 1.82) is 0 Å². The highest BCUT2D eigenvalue weighted by Crippen LogP contribution is 2.43. The molecule has 12 rings (SSSR count). The third-order valence-electron chi connectivity index (χ3n) is 11.4. The van der Waals surface area contributed by atoms with E-state index >= 15 is 0 Å². The minimum atomic E-state index is 0.664. The molecule has 5 heteroatoms. The first-order chi connectivity index (χ1) is 28.3. The number of nitrogens with zero attached hydrogens (tertiary/aromatic N) is 4. The maximum absolute atomic E-state index is 5.45. The van der Waals surface area contributed by atoms with Gasteiger partial charge < -0.3 is 4.57 Å². The molecule has 0 aliphatic rings. The molecule has 8 aromatic carbocycles. The summed E-state index contributed by atoms with van der Waals surface area (Å²) in [4.78, 5) is 13.0. The summed E-state index contributed by atoms with van der Waals surface area (Å²) in [7, 11) is 0. The number of aromatic nitrogens is 4. The van der Waals surface area contributed by atoms with E-state index in [4.69, 9.17) is 9.97 Å². The van der Waals surface area contributed by atoms with Gasteiger partial charge in [-0.05, 0) is 64.4 Å². The number of rotatable bonds is 5. The topological polar surface area (TPSA) is 35.6 Å². The third-order valence-corrected chi connectivity index (χ3v) is 12.4. The molecule has 4 aromatic heterocycles. The molecule has 0 N–H and O–H groups in total. The summed E-state index contributed by atoms with van der Waals surface area (Å²) in [5.41, 5.74) is 11.2. The van der Waals surface area contributed by atoms with Gasteiger partial charge in [0.05, 0.1) is 27.8 Å². The van der Waals surface area contributed by atoms with Crippen molar-refractivity contribution in [2.75, 3.05) is 0 Å². The van der Waals surface area contributed by atoms with Gasteiger partial charge in [0.2, 0.25) is 5.95 Å². The second-order valence-electron chi connectivity index (χ2n) is 14.6. The normalized spacial score (nSPS) is 11.9. The molecule has 0 saturated carbocycles. The van der Waals surface area contributed by atoms with Gasteiger partial charge in [-0.25, -0.2) is 9.97 Å². The molecule has 0 aliphatic heterocycles. The number of benzene rings is 8. The second kappa shape index (κ2) is 12.6. The van der Waals surface area contributed by atoms with E-state index in [1.165, 1.54) is 59.4 Å². The van der Waals surface area contributed by atoms with Gasteiger partial charge in [-0.2, -0.15) is 0 Å². The maximum atomic E-state index is 5.45. The van der Waals surface area contributed by atoms with Crippen LogP contribution in [0, 0.1) is 0 Å². The molecule has 4 nitrogen and oxygen atoms in total. The lowest BCUT2D eigenvalue weighted by atomic mass is 9.98. The van der Waals surface area contributed by atoms with Gasteiger partial charge in [0, 0.05) is 48.6 Å². The summed E-state index contributed by atoms with van der Waals surface area (Å²) >= 11 is 1.72. The number of fused-ring (bicyclic) bond motifs is 9. The van der Waals surface area contributed by atoms with E-state index in [1.807, 2.05) is 0 Å². The van der Waals surface area contributed by atoms with E-state index in [9.17, 15) is 0 Å². The van der Waals surface area contributed by atoms with Crippen molar-refractivity contribution in [3.8, 4) is 44.5 Å². The second-order valence-corrected chi connectivity index (χ2v) is 15.6. The summed E-state index contributed by atoms with van der Waals surface area (Å²) in [5, 5.41) is 8.31. The number of thiophene rings is 1. The monoisotopic (exact) mass is 744 g/mol. The fraction of sp³-hybridized carbons (Fsp3) is 0. The van der Waals surface area contributed by atoms with E-state index < -0.39 is 0 Å². The zero-order chi connectivity index (χ0) is 37.5. The molecule has 0 atom stereocenters. The molecule has 0 bridgehead atoms. The Morgan fingerprint density at radius 1 is 0.404 bits per heavy atom. The molecule has 266 valence electrons. The van der Waals surface area contributed by atoms with Gasteiger partial charge in [-0.15, -0.1) is 11.3 Å². The predicted molar refractivity (Wildman–Crippen MR) is 240 cm³/mol. The average Bonchev–Trinajstić information content (AvgIpc) is 3.97. The Labute approximate surface area is 332 Å². The molecule has 0 radical (unpaired) electrons.